The van der Waals surface area contributed by atoms with Gasteiger partial charge in [0.05, 0.1) is 23.8 Å². The second-order valence-electron chi connectivity index (χ2n) is 9.68. The van der Waals surface area contributed by atoms with Crippen molar-refractivity contribution in [3.63, 3.8) is 0 Å². The van der Waals surface area contributed by atoms with Crippen LogP contribution in [0.4, 0.5) is 0 Å². The molecule has 3 heterocycles. The monoisotopic (exact) mass is 520 g/mol. The molecule has 2 unspecified atom stereocenters. The van der Waals surface area contributed by atoms with E-state index in [0.717, 1.165) is 0 Å². The summed E-state index contributed by atoms with van der Waals surface area (Å²) >= 11 is 0. The summed E-state index contributed by atoms with van der Waals surface area (Å²) < 4.78 is 0. The highest BCUT2D eigenvalue weighted by Crippen LogP contribution is 2.09. The summed E-state index contributed by atoms with van der Waals surface area (Å²) in [6, 6.07) is 7.67. The van der Waals surface area contributed by atoms with Crippen molar-refractivity contribution in [2.45, 2.75) is 52.6 Å². The molecule has 38 heavy (non-hydrogen) atoms. The van der Waals surface area contributed by atoms with E-state index in [-0.39, 0.29) is 23.2 Å². The normalized spacial score (nSPS) is 20.7. The molecule has 2 aromatic heterocycles. The van der Waals surface area contributed by atoms with Crippen molar-refractivity contribution in [2.75, 3.05) is 0 Å². The van der Waals surface area contributed by atoms with Crippen molar-refractivity contribution in [3.8, 4) is 0 Å². The minimum atomic E-state index is -0.893. The third-order valence-electron chi connectivity index (χ3n) is 5.41. The molecule has 2 aromatic rings. The quantitative estimate of drug-likeness (QED) is 0.475. The van der Waals surface area contributed by atoms with E-state index < -0.39 is 35.7 Å². The fourth-order valence-electron chi connectivity index (χ4n) is 3.65. The van der Waals surface area contributed by atoms with Crippen molar-refractivity contribution in [3.05, 3.63) is 59.2 Å². The fourth-order valence-corrected chi connectivity index (χ4v) is 3.65. The largest absolute Gasteiger partial charge is 0.339 e. The molecule has 0 fully saturated rings. The maximum Gasteiger partial charge on any atom is 0.270 e. The lowest BCUT2D eigenvalue weighted by Crippen LogP contribution is -2.47. The van der Waals surface area contributed by atoms with Gasteiger partial charge >= 0.3 is 0 Å². The van der Waals surface area contributed by atoms with Gasteiger partial charge in [0.25, 0.3) is 23.6 Å². The molecule has 4 bridgehead atoms. The predicted molar refractivity (Wildman–Crippen MR) is 141 cm³/mol. The fraction of sp³-hybridized carbons (Fsp3) is 0.385. The Hall–Kier alpha value is -4.48. The number of carbonyl (C=O) groups is 4. The molecule has 0 radical (unpaired) electrons. The van der Waals surface area contributed by atoms with Gasteiger partial charge in [0.2, 0.25) is 0 Å². The zero-order valence-corrected chi connectivity index (χ0v) is 21.8. The van der Waals surface area contributed by atoms with E-state index in [1.807, 2.05) is 27.7 Å². The van der Waals surface area contributed by atoms with Crippen molar-refractivity contribution in [1.29, 1.82) is 0 Å². The standard InChI is InChI=1S/C26H32N8O4/c1-15(2)11-21-25(37)33-27-13-17-7-5-8-18(29-17)14-28-34-26(38)22(12-16(3)4)32-24(36)20-10-6-9-19(30-20)23(35)31-21/h5-10,13-16,21-22H,11-12H2,1-4H3,(H,31,35)(H,32,36)(H,33,37)(H,34,38)/b27-13-,28-14-. The number of rotatable bonds is 4. The van der Waals surface area contributed by atoms with E-state index in [0.29, 0.717) is 24.2 Å². The third kappa shape index (κ3) is 8.29. The van der Waals surface area contributed by atoms with Crippen LogP contribution in [-0.4, -0.2) is 58.1 Å². The molecule has 0 saturated carbocycles. The van der Waals surface area contributed by atoms with Crippen LogP contribution in [0, 0.1) is 11.8 Å². The van der Waals surface area contributed by atoms with E-state index in [9.17, 15) is 19.2 Å². The molecule has 0 aliphatic carbocycles. The van der Waals surface area contributed by atoms with Crippen LogP contribution in [0.3, 0.4) is 0 Å². The zero-order valence-electron chi connectivity index (χ0n) is 21.8. The Labute approximate surface area is 220 Å². The zero-order chi connectivity index (χ0) is 27.7. The lowest BCUT2D eigenvalue weighted by Gasteiger charge is -2.20. The van der Waals surface area contributed by atoms with Crippen molar-refractivity contribution in [1.82, 2.24) is 31.5 Å². The van der Waals surface area contributed by atoms with Crippen LogP contribution in [0.5, 0.6) is 0 Å². The van der Waals surface area contributed by atoms with Crippen LogP contribution >= 0.6 is 0 Å². The SMILES string of the molecule is CC(C)CC1NC(=O)c2cccc(n2)C(=O)NC(CC(C)C)C(=O)N/N=C\c2cccc(n2)/C=N\NC1=O. The molecule has 2 atom stereocenters. The van der Waals surface area contributed by atoms with Crippen LogP contribution in [-0.2, 0) is 9.59 Å². The lowest BCUT2D eigenvalue weighted by atomic mass is 10.0. The Morgan fingerprint density at radius 2 is 1.08 bits per heavy atom. The number of hydrazone groups is 2. The van der Waals surface area contributed by atoms with Gasteiger partial charge in [-0.1, -0.05) is 39.8 Å². The first-order valence-electron chi connectivity index (χ1n) is 12.3. The summed E-state index contributed by atoms with van der Waals surface area (Å²) in [5.74, 6) is -2.09. The molecule has 1 aliphatic rings. The van der Waals surface area contributed by atoms with Gasteiger partial charge in [0.15, 0.2) is 0 Å². The summed E-state index contributed by atoms with van der Waals surface area (Å²) in [5.41, 5.74) is 5.64. The van der Waals surface area contributed by atoms with E-state index in [1.54, 1.807) is 18.2 Å². The molecule has 200 valence electrons. The molecule has 4 N–H and O–H groups in total. The maximum atomic E-state index is 13.0. The molecular formula is C26H32N8O4. The highest BCUT2D eigenvalue weighted by atomic mass is 16.2. The number of carbonyl (C=O) groups excluding carboxylic acids is 4. The Morgan fingerprint density at radius 3 is 1.50 bits per heavy atom. The predicted octanol–water partition coefficient (Wildman–Crippen LogP) is 1.38. The molecule has 4 amide bonds. The first-order chi connectivity index (χ1) is 18.1. The molecule has 12 nitrogen and oxygen atoms in total. The summed E-state index contributed by atoms with van der Waals surface area (Å²) in [4.78, 5) is 60.1. The maximum absolute atomic E-state index is 13.0. The molecule has 3 rings (SSSR count). The number of nitrogens with one attached hydrogen (secondary N) is 4. The van der Waals surface area contributed by atoms with E-state index in [1.165, 1.54) is 30.6 Å². The highest BCUT2D eigenvalue weighted by Gasteiger charge is 2.25. The summed E-state index contributed by atoms with van der Waals surface area (Å²) in [7, 11) is 0. The minimum absolute atomic E-state index is 0.0485. The molecule has 0 aromatic carbocycles. The number of fused-ring (bicyclic) bond motifs is 4. The number of pyridine rings is 2. The third-order valence-corrected chi connectivity index (χ3v) is 5.41. The first kappa shape index (κ1) is 28.1. The van der Waals surface area contributed by atoms with Gasteiger partial charge in [0, 0.05) is 0 Å². The first-order valence-corrected chi connectivity index (χ1v) is 12.3. The Balaban J connectivity index is 1.97. The molecule has 0 spiro atoms. The number of aromatic nitrogens is 2. The van der Waals surface area contributed by atoms with Gasteiger partial charge in [0.1, 0.15) is 23.5 Å². The molecule has 1 aliphatic heterocycles. The second-order valence-corrected chi connectivity index (χ2v) is 9.68. The summed E-state index contributed by atoms with van der Waals surface area (Å²) in [6.07, 6.45) is 3.42. The molecule has 0 saturated heterocycles. The number of hydrogen-bond acceptors (Lipinski definition) is 8. The average molecular weight is 521 g/mol. The van der Waals surface area contributed by atoms with E-state index in [2.05, 4.69) is 41.7 Å². The van der Waals surface area contributed by atoms with Crippen molar-refractivity contribution < 1.29 is 19.2 Å². The average Bonchev–Trinajstić information content (AvgIpc) is 2.87. The van der Waals surface area contributed by atoms with Gasteiger partial charge < -0.3 is 10.6 Å². The Kier molecular flexibility index (Phi) is 9.74. The van der Waals surface area contributed by atoms with Crippen LogP contribution < -0.4 is 21.5 Å². The van der Waals surface area contributed by atoms with Gasteiger partial charge in [-0.2, -0.15) is 10.2 Å². The van der Waals surface area contributed by atoms with Crippen LogP contribution in [0.25, 0.3) is 0 Å². The minimum Gasteiger partial charge on any atom is -0.339 e. The van der Waals surface area contributed by atoms with E-state index in [4.69, 9.17) is 0 Å². The number of amides is 4. The van der Waals surface area contributed by atoms with Crippen LogP contribution in [0.1, 0.15) is 72.9 Å². The molecular weight excluding hydrogens is 488 g/mol. The van der Waals surface area contributed by atoms with Gasteiger partial charge in [-0.05, 0) is 48.9 Å². The van der Waals surface area contributed by atoms with Gasteiger partial charge in [-0.15, -0.1) is 0 Å². The lowest BCUT2D eigenvalue weighted by molar-refractivity contribution is -0.124. The second kappa shape index (κ2) is 13.2. The highest BCUT2D eigenvalue weighted by molar-refractivity contribution is 5.99. The van der Waals surface area contributed by atoms with Crippen LogP contribution in [0.2, 0.25) is 0 Å². The molecule has 12 heteroatoms. The van der Waals surface area contributed by atoms with Crippen LogP contribution in [0.15, 0.2) is 46.6 Å². The summed E-state index contributed by atoms with van der Waals surface area (Å²) in [6.45, 7) is 7.68. The van der Waals surface area contributed by atoms with Crippen molar-refractivity contribution >= 4 is 36.1 Å². The van der Waals surface area contributed by atoms with Gasteiger partial charge in [-0.25, -0.2) is 20.8 Å². The number of hydrogen-bond donors (Lipinski definition) is 4. The Bertz CT molecular complexity index is 1150. The van der Waals surface area contributed by atoms with Crippen molar-refractivity contribution in [2.24, 2.45) is 22.0 Å². The number of nitrogens with zero attached hydrogens (tertiary/aromatic N) is 4. The Morgan fingerprint density at radius 1 is 0.658 bits per heavy atom. The van der Waals surface area contributed by atoms with Gasteiger partial charge in [-0.3, -0.25) is 19.2 Å². The van der Waals surface area contributed by atoms with E-state index >= 15 is 0 Å². The summed E-state index contributed by atoms with van der Waals surface area (Å²) in [5, 5.41) is 13.3. The topological polar surface area (TPSA) is 167 Å². The smallest absolute Gasteiger partial charge is 0.270 e.